The number of benzene rings is 4. The monoisotopic (exact) mass is 534 g/mol. The number of carbonyl (C=O) groups excluding carboxylic acids is 2. The van der Waals surface area contributed by atoms with Gasteiger partial charge in [-0.15, -0.1) is 0 Å². The molecule has 0 aliphatic carbocycles. The van der Waals surface area contributed by atoms with Crippen LogP contribution in [-0.2, 0) is 11.2 Å². The van der Waals surface area contributed by atoms with Crippen LogP contribution in [0.2, 0.25) is 5.02 Å². The van der Waals surface area contributed by atoms with Crippen LogP contribution in [0.5, 0.6) is 5.75 Å². The Labute approximate surface area is 225 Å². The van der Waals surface area contributed by atoms with E-state index in [1.54, 1.807) is 6.07 Å². The minimum Gasteiger partial charge on any atom is -0.507 e. The number of phenols is 1. The summed E-state index contributed by atoms with van der Waals surface area (Å²) in [6, 6.07) is 27.1. The summed E-state index contributed by atoms with van der Waals surface area (Å²) in [6.07, 6.45) is 1.16. The van der Waals surface area contributed by atoms with Gasteiger partial charge in [0.15, 0.2) is 0 Å². The molecule has 8 heteroatoms. The molecule has 196 valence electrons. The fourth-order valence-electron chi connectivity index (χ4n) is 3.62. The number of aromatic hydroxyl groups is 1. The predicted octanol–water partition coefficient (Wildman–Crippen LogP) is 5.35. The molecule has 6 nitrogen and oxygen atoms in total. The third-order valence-electron chi connectivity index (χ3n) is 5.65. The van der Waals surface area contributed by atoms with E-state index < -0.39 is 11.7 Å². The molecule has 0 spiro atoms. The van der Waals surface area contributed by atoms with E-state index in [1.165, 1.54) is 41.5 Å². The summed E-state index contributed by atoms with van der Waals surface area (Å²) in [5, 5.41) is 20.7. The van der Waals surface area contributed by atoms with Crippen LogP contribution in [0.3, 0.4) is 0 Å². The van der Waals surface area contributed by atoms with E-state index in [0.717, 1.165) is 5.56 Å². The van der Waals surface area contributed by atoms with Gasteiger partial charge in [-0.25, -0.2) is 4.39 Å². The zero-order valence-corrected chi connectivity index (χ0v) is 21.3. The Hall–Kier alpha value is -4.20. The van der Waals surface area contributed by atoms with Crippen LogP contribution in [0.25, 0.3) is 22.3 Å². The molecule has 0 bridgehead atoms. The van der Waals surface area contributed by atoms with Crippen molar-refractivity contribution in [3.05, 3.63) is 113 Å². The number of primary amides is 1. The minimum absolute atomic E-state index is 0.00736. The van der Waals surface area contributed by atoms with Gasteiger partial charge in [0.2, 0.25) is 5.91 Å². The fraction of sp³-hybridized carbons (Fsp3) is 0.133. The van der Waals surface area contributed by atoms with E-state index in [9.17, 15) is 19.1 Å². The summed E-state index contributed by atoms with van der Waals surface area (Å²) in [4.78, 5) is 22.5. The number of aliphatic hydroxyl groups is 1. The summed E-state index contributed by atoms with van der Waals surface area (Å²) in [7, 11) is 0. The molecule has 0 heterocycles. The standard InChI is InChI=1S/C17H19NO2.C13H9ClFNO2/c19-13-12-18-17(20)11-8-14-6-9-16(10-7-14)15-4-2-1-3-5-15;14-10-6-8(1-3-11(10)15)7-2-4-12(17)9(5-7)13(16)18/h1-7,9-10,19H,8,11-13H2,(H,18,20);1-6,17H,(H2,16,18). The number of nitrogens with two attached hydrogens (primary N) is 1. The highest BCUT2D eigenvalue weighted by Crippen LogP contribution is 2.28. The van der Waals surface area contributed by atoms with Gasteiger partial charge >= 0.3 is 0 Å². The number of hydrogen-bond donors (Lipinski definition) is 4. The van der Waals surface area contributed by atoms with Crippen molar-refractivity contribution in [2.75, 3.05) is 13.2 Å². The lowest BCUT2D eigenvalue weighted by Gasteiger charge is -2.06. The highest BCUT2D eigenvalue weighted by atomic mass is 35.5. The first-order valence-electron chi connectivity index (χ1n) is 11.9. The molecule has 4 aromatic carbocycles. The normalized spacial score (nSPS) is 10.3. The smallest absolute Gasteiger partial charge is 0.252 e. The van der Waals surface area contributed by atoms with E-state index in [1.807, 2.05) is 18.2 Å². The van der Waals surface area contributed by atoms with E-state index in [0.29, 0.717) is 30.5 Å². The summed E-state index contributed by atoms with van der Waals surface area (Å²) in [5.41, 5.74) is 9.90. The van der Waals surface area contributed by atoms with Gasteiger partial charge in [-0.2, -0.15) is 0 Å². The third-order valence-corrected chi connectivity index (χ3v) is 5.94. The SMILES string of the molecule is NC(=O)c1cc(-c2ccc(F)c(Cl)c2)ccc1O.O=C(CCc1ccc(-c2ccccc2)cc1)NCCO. The van der Waals surface area contributed by atoms with Crippen molar-refractivity contribution >= 4 is 23.4 Å². The molecule has 38 heavy (non-hydrogen) atoms. The van der Waals surface area contributed by atoms with Gasteiger partial charge in [-0.05, 0) is 58.5 Å². The molecular weight excluding hydrogens is 507 g/mol. The zero-order valence-electron chi connectivity index (χ0n) is 20.5. The van der Waals surface area contributed by atoms with Crippen molar-refractivity contribution in [1.82, 2.24) is 5.32 Å². The molecule has 0 saturated heterocycles. The topological polar surface area (TPSA) is 113 Å². The average Bonchev–Trinajstić information content (AvgIpc) is 2.93. The maximum absolute atomic E-state index is 13.0. The first kappa shape index (κ1) is 28.4. The fourth-order valence-corrected chi connectivity index (χ4v) is 3.81. The molecule has 0 saturated carbocycles. The van der Waals surface area contributed by atoms with Gasteiger partial charge < -0.3 is 21.3 Å². The van der Waals surface area contributed by atoms with E-state index in [4.69, 9.17) is 22.4 Å². The van der Waals surface area contributed by atoms with Crippen LogP contribution in [0, 0.1) is 5.82 Å². The van der Waals surface area contributed by atoms with E-state index in [-0.39, 0.29) is 28.8 Å². The number of halogens is 2. The third kappa shape index (κ3) is 8.16. The second-order valence-corrected chi connectivity index (χ2v) is 8.77. The molecule has 0 atom stereocenters. The van der Waals surface area contributed by atoms with Gasteiger partial charge in [-0.3, -0.25) is 9.59 Å². The first-order valence-corrected chi connectivity index (χ1v) is 12.3. The number of aliphatic hydroxyl groups excluding tert-OH is 1. The van der Waals surface area contributed by atoms with Gasteiger partial charge in [0.05, 0.1) is 17.2 Å². The number of rotatable bonds is 8. The highest BCUT2D eigenvalue weighted by molar-refractivity contribution is 6.31. The lowest BCUT2D eigenvalue weighted by Crippen LogP contribution is -2.26. The van der Waals surface area contributed by atoms with Crippen molar-refractivity contribution in [1.29, 1.82) is 0 Å². The molecule has 2 amide bonds. The number of carbonyl (C=O) groups is 2. The van der Waals surface area contributed by atoms with E-state index >= 15 is 0 Å². The summed E-state index contributed by atoms with van der Waals surface area (Å²) in [5.74, 6) is -1.47. The van der Waals surface area contributed by atoms with Crippen LogP contribution in [0.15, 0.2) is 91.0 Å². The van der Waals surface area contributed by atoms with E-state index in [2.05, 4.69) is 41.7 Å². The minimum atomic E-state index is -0.734. The molecule has 5 N–H and O–H groups in total. The lowest BCUT2D eigenvalue weighted by molar-refractivity contribution is -0.121. The van der Waals surface area contributed by atoms with Crippen LogP contribution >= 0.6 is 11.6 Å². The summed E-state index contributed by atoms with van der Waals surface area (Å²) < 4.78 is 13.0. The number of nitrogens with one attached hydrogen (secondary N) is 1. The van der Waals surface area contributed by atoms with Crippen LogP contribution in [0.1, 0.15) is 22.3 Å². The Morgan fingerprint density at radius 1 is 0.842 bits per heavy atom. The lowest BCUT2D eigenvalue weighted by atomic mass is 10.0. The highest BCUT2D eigenvalue weighted by Gasteiger charge is 2.10. The van der Waals surface area contributed by atoms with Gasteiger partial charge in [0, 0.05) is 13.0 Å². The summed E-state index contributed by atoms with van der Waals surface area (Å²) in [6.45, 7) is 0.309. The first-order chi connectivity index (χ1) is 18.3. The zero-order chi connectivity index (χ0) is 27.5. The molecule has 4 aromatic rings. The second-order valence-electron chi connectivity index (χ2n) is 8.36. The molecule has 4 rings (SSSR count). The van der Waals surface area contributed by atoms with Crippen molar-refractivity contribution in [2.24, 2.45) is 5.73 Å². The Morgan fingerprint density at radius 2 is 1.45 bits per heavy atom. The second kappa shape index (κ2) is 13.9. The van der Waals surface area contributed by atoms with Crippen molar-refractivity contribution in [2.45, 2.75) is 12.8 Å². The van der Waals surface area contributed by atoms with Crippen LogP contribution < -0.4 is 11.1 Å². The Balaban J connectivity index is 0.000000212. The predicted molar refractivity (Wildman–Crippen MR) is 147 cm³/mol. The number of aryl methyl sites for hydroxylation is 1. The number of hydrogen-bond acceptors (Lipinski definition) is 4. The largest absolute Gasteiger partial charge is 0.507 e. The Morgan fingerprint density at radius 3 is 2.08 bits per heavy atom. The molecule has 0 aliphatic rings. The van der Waals surface area contributed by atoms with Gasteiger partial charge in [-0.1, -0.05) is 78.3 Å². The maximum atomic E-state index is 13.0. The molecule has 0 unspecified atom stereocenters. The quantitative estimate of drug-likeness (QED) is 0.244. The molecule has 0 aliphatic heterocycles. The van der Waals surface area contributed by atoms with Crippen LogP contribution in [-0.4, -0.2) is 35.2 Å². The Kier molecular flexibility index (Phi) is 10.4. The van der Waals surface area contributed by atoms with Crippen molar-refractivity contribution in [3.63, 3.8) is 0 Å². The van der Waals surface area contributed by atoms with Gasteiger partial charge in [0.25, 0.3) is 5.91 Å². The maximum Gasteiger partial charge on any atom is 0.252 e. The number of amides is 2. The average molecular weight is 535 g/mol. The van der Waals surface area contributed by atoms with Crippen molar-refractivity contribution in [3.8, 4) is 28.0 Å². The Bertz CT molecular complexity index is 1380. The van der Waals surface area contributed by atoms with Gasteiger partial charge in [0.1, 0.15) is 11.6 Å². The van der Waals surface area contributed by atoms with Crippen molar-refractivity contribution < 1.29 is 24.2 Å². The van der Waals surface area contributed by atoms with Crippen LogP contribution in [0.4, 0.5) is 4.39 Å². The molecule has 0 aromatic heterocycles. The molecular formula is C30H28ClFN2O4. The molecule has 0 fully saturated rings. The molecule has 0 radical (unpaired) electrons. The summed E-state index contributed by atoms with van der Waals surface area (Å²) >= 11 is 5.68.